The molecule has 1 aliphatic heterocycles. The van der Waals surface area contributed by atoms with Gasteiger partial charge in [-0.05, 0) is 104 Å². The number of halogens is 1. The zero-order valence-electron chi connectivity index (χ0n) is 28.4. The molecule has 2 aliphatic carbocycles. The summed E-state index contributed by atoms with van der Waals surface area (Å²) >= 11 is 6.30. The summed E-state index contributed by atoms with van der Waals surface area (Å²) in [5.41, 5.74) is 5.29. The molecule has 1 saturated heterocycles. The number of hydrogen-bond donors (Lipinski definition) is 0. The second-order valence-corrected chi connectivity index (χ2v) is 14.4. The molecule has 1 heterocycles. The van der Waals surface area contributed by atoms with Crippen LogP contribution in [0.2, 0.25) is 5.02 Å². The number of nitrogens with zero attached hydrogens (tertiary/aromatic N) is 3. The standard InChI is InChI=1S/C39H48ClN3O4/c1-25(2)47-36-22-33-29(21-35(36)46-5)20-34(44)39(38(33)27-8-12-30(40)13-9-27)28-10-16-31(17-11-28)42(4)23-26-6-14-32(15-7-26)43-19-18-41(3)37(45)24-43/h8-13,16-17,21-22,25-26,32,38-39H,6-7,14-15,18-20,23-24H2,1-5H3/t26?,32?,38-,39?/m0/s1. The average molecular weight is 658 g/mol. The van der Waals surface area contributed by atoms with E-state index in [4.69, 9.17) is 21.1 Å². The molecule has 1 amide bonds. The van der Waals surface area contributed by atoms with Crippen LogP contribution in [0.25, 0.3) is 0 Å². The Hall–Kier alpha value is -3.55. The van der Waals surface area contributed by atoms with Crippen molar-refractivity contribution in [3.8, 4) is 11.5 Å². The fourth-order valence-electron chi connectivity index (χ4n) is 7.86. The Labute approximate surface area is 284 Å². The van der Waals surface area contributed by atoms with Crippen molar-refractivity contribution < 1.29 is 19.1 Å². The molecule has 1 unspecified atom stereocenters. The van der Waals surface area contributed by atoms with E-state index in [1.165, 1.54) is 12.8 Å². The van der Waals surface area contributed by atoms with Gasteiger partial charge in [0.25, 0.3) is 0 Å². The van der Waals surface area contributed by atoms with E-state index in [0.29, 0.717) is 41.4 Å². The Morgan fingerprint density at radius 2 is 1.55 bits per heavy atom. The second kappa shape index (κ2) is 14.3. The summed E-state index contributed by atoms with van der Waals surface area (Å²) in [5, 5.41) is 0.668. The number of methoxy groups -OCH3 is 1. The van der Waals surface area contributed by atoms with Gasteiger partial charge in [0.15, 0.2) is 11.5 Å². The zero-order chi connectivity index (χ0) is 33.2. The van der Waals surface area contributed by atoms with Crippen LogP contribution in [-0.2, 0) is 16.0 Å². The Kier molecular flexibility index (Phi) is 10.1. The van der Waals surface area contributed by atoms with E-state index in [0.717, 1.165) is 60.4 Å². The molecule has 250 valence electrons. The van der Waals surface area contributed by atoms with Gasteiger partial charge in [-0.1, -0.05) is 35.9 Å². The van der Waals surface area contributed by atoms with Gasteiger partial charge in [0, 0.05) is 62.8 Å². The average Bonchev–Trinajstić information content (AvgIpc) is 3.06. The van der Waals surface area contributed by atoms with Gasteiger partial charge in [-0.2, -0.15) is 0 Å². The number of Topliss-reactive ketones (excluding diaryl/α,β-unsaturated/α-hetero) is 1. The maximum Gasteiger partial charge on any atom is 0.236 e. The molecule has 2 atom stereocenters. The first-order chi connectivity index (χ1) is 22.6. The minimum Gasteiger partial charge on any atom is -0.493 e. The number of carbonyl (C=O) groups is 2. The van der Waals surface area contributed by atoms with Crippen LogP contribution in [0.5, 0.6) is 11.5 Å². The predicted octanol–water partition coefficient (Wildman–Crippen LogP) is 6.95. The summed E-state index contributed by atoms with van der Waals surface area (Å²) in [6.07, 6.45) is 5.00. The maximum atomic E-state index is 14.0. The largest absolute Gasteiger partial charge is 0.493 e. The molecule has 0 N–H and O–H groups in total. The number of ether oxygens (including phenoxy) is 2. The summed E-state index contributed by atoms with van der Waals surface area (Å²) in [4.78, 5) is 32.8. The molecule has 6 rings (SSSR count). The summed E-state index contributed by atoms with van der Waals surface area (Å²) < 4.78 is 11.8. The van der Waals surface area contributed by atoms with E-state index in [2.05, 4.69) is 47.2 Å². The third-order valence-corrected chi connectivity index (χ3v) is 10.7. The fourth-order valence-corrected chi connectivity index (χ4v) is 7.99. The van der Waals surface area contributed by atoms with Gasteiger partial charge in [0.1, 0.15) is 5.78 Å². The molecule has 0 radical (unpaired) electrons. The van der Waals surface area contributed by atoms with Crippen LogP contribution in [0.15, 0.2) is 60.7 Å². The van der Waals surface area contributed by atoms with Crippen LogP contribution >= 0.6 is 11.6 Å². The van der Waals surface area contributed by atoms with Crippen LogP contribution in [0, 0.1) is 5.92 Å². The summed E-state index contributed by atoms with van der Waals surface area (Å²) in [7, 11) is 5.71. The van der Waals surface area contributed by atoms with Gasteiger partial charge in [-0.15, -0.1) is 0 Å². The first-order valence-electron chi connectivity index (χ1n) is 17.1. The summed E-state index contributed by atoms with van der Waals surface area (Å²) in [5.74, 6) is 1.88. The Bertz CT molecular complexity index is 1570. The topological polar surface area (TPSA) is 62.3 Å². The normalized spacial score (nSPS) is 23.5. The van der Waals surface area contributed by atoms with E-state index in [1.54, 1.807) is 7.11 Å². The number of hydrogen-bond acceptors (Lipinski definition) is 6. The zero-order valence-corrected chi connectivity index (χ0v) is 29.1. The number of ketones is 1. The van der Waals surface area contributed by atoms with Gasteiger partial charge >= 0.3 is 0 Å². The summed E-state index contributed by atoms with van der Waals surface area (Å²) in [6.45, 7) is 7.38. The van der Waals surface area contributed by atoms with Gasteiger partial charge in [0.2, 0.25) is 5.91 Å². The lowest BCUT2D eigenvalue weighted by Crippen LogP contribution is -2.53. The number of amides is 1. The van der Waals surface area contributed by atoms with Crippen molar-refractivity contribution in [3.63, 3.8) is 0 Å². The van der Waals surface area contributed by atoms with Crippen LogP contribution in [0.4, 0.5) is 5.69 Å². The van der Waals surface area contributed by atoms with Crippen molar-refractivity contribution in [1.82, 2.24) is 9.80 Å². The number of benzene rings is 3. The Balaban J connectivity index is 1.19. The highest BCUT2D eigenvalue weighted by Crippen LogP contribution is 2.48. The lowest BCUT2D eigenvalue weighted by molar-refractivity contribution is -0.135. The number of fused-ring (bicyclic) bond motifs is 1. The monoisotopic (exact) mass is 657 g/mol. The van der Waals surface area contributed by atoms with Crippen molar-refractivity contribution in [2.45, 2.75) is 69.9 Å². The van der Waals surface area contributed by atoms with E-state index in [-0.39, 0.29) is 29.6 Å². The van der Waals surface area contributed by atoms with E-state index < -0.39 is 0 Å². The van der Waals surface area contributed by atoms with E-state index >= 15 is 0 Å². The number of anilines is 1. The molecular formula is C39H48ClN3O4. The summed E-state index contributed by atoms with van der Waals surface area (Å²) in [6, 6.07) is 21.1. The predicted molar refractivity (Wildman–Crippen MR) is 188 cm³/mol. The smallest absolute Gasteiger partial charge is 0.236 e. The van der Waals surface area contributed by atoms with Crippen LogP contribution < -0.4 is 14.4 Å². The van der Waals surface area contributed by atoms with Crippen LogP contribution in [-0.4, -0.2) is 81.0 Å². The minimum atomic E-state index is -0.333. The van der Waals surface area contributed by atoms with Gasteiger partial charge < -0.3 is 19.3 Å². The van der Waals surface area contributed by atoms with Gasteiger partial charge in [0.05, 0.1) is 25.7 Å². The van der Waals surface area contributed by atoms with Crippen molar-refractivity contribution in [1.29, 1.82) is 0 Å². The lowest BCUT2D eigenvalue weighted by atomic mass is 9.68. The molecule has 3 aromatic carbocycles. The first-order valence-corrected chi connectivity index (χ1v) is 17.4. The molecule has 2 fully saturated rings. The molecule has 3 aromatic rings. The third-order valence-electron chi connectivity index (χ3n) is 10.4. The van der Waals surface area contributed by atoms with Crippen molar-refractivity contribution >= 4 is 29.0 Å². The molecule has 47 heavy (non-hydrogen) atoms. The van der Waals surface area contributed by atoms with E-state index in [1.807, 2.05) is 56.1 Å². The SMILES string of the molecule is COc1cc2c(cc1OC(C)C)[C@H](c1ccc(Cl)cc1)C(c1ccc(N(C)CC3CCC(N4CCN(C)C(=O)C4)CC3)cc1)C(=O)C2. The van der Waals surface area contributed by atoms with Crippen molar-refractivity contribution in [3.05, 3.63) is 87.9 Å². The minimum absolute atomic E-state index is 0.0147. The van der Waals surface area contributed by atoms with Crippen LogP contribution in [0.3, 0.4) is 0 Å². The molecule has 7 nitrogen and oxygen atoms in total. The Morgan fingerprint density at radius 1 is 0.894 bits per heavy atom. The molecule has 0 bridgehead atoms. The maximum absolute atomic E-state index is 14.0. The highest BCUT2D eigenvalue weighted by molar-refractivity contribution is 6.30. The van der Waals surface area contributed by atoms with E-state index in [9.17, 15) is 9.59 Å². The second-order valence-electron chi connectivity index (χ2n) is 14.0. The molecule has 1 saturated carbocycles. The number of piperazine rings is 1. The van der Waals surface area contributed by atoms with Gasteiger partial charge in [-0.25, -0.2) is 0 Å². The number of likely N-dealkylation sites (N-methyl/N-ethyl adjacent to an activating group) is 1. The number of rotatable bonds is 9. The Morgan fingerprint density at radius 3 is 2.19 bits per heavy atom. The molecular weight excluding hydrogens is 610 g/mol. The van der Waals surface area contributed by atoms with Crippen molar-refractivity contribution in [2.75, 3.05) is 52.3 Å². The fraction of sp³-hybridized carbons (Fsp3) is 0.487. The van der Waals surface area contributed by atoms with Crippen LogP contribution in [0.1, 0.15) is 73.6 Å². The quantitative estimate of drug-likeness (QED) is 0.248. The van der Waals surface area contributed by atoms with Gasteiger partial charge in [-0.3, -0.25) is 14.5 Å². The molecule has 8 heteroatoms. The molecule has 3 aliphatic rings. The first kappa shape index (κ1) is 33.4. The highest BCUT2D eigenvalue weighted by Gasteiger charge is 2.39. The molecule has 0 spiro atoms. The third kappa shape index (κ3) is 7.31. The lowest BCUT2D eigenvalue weighted by Gasteiger charge is -2.41. The highest BCUT2D eigenvalue weighted by atomic mass is 35.5. The molecule has 0 aromatic heterocycles. The number of carbonyl (C=O) groups excluding carboxylic acids is 2. The van der Waals surface area contributed by atoms with Crippen molar-refractivity contribution in [2.24, 2.45) is 5.92 Å².